The number of rotatable bonds is 9. The van der Waals surface area contributed by atoms with Crippen LogP contribution >= 0.6 is 0 Å². The lowest BCUT2D eigenvalue weighted by molar-refractivity contribution is 0.217. The van der Waals surface area contributed by atoms with Crippen LogP contribution in [0.2, 0.25) is 0 Å². The van der Waals surface area contributed by atoms with Crippen LogP contribution in [0, 0.1) is 6.92 Å². The van der Waals surface area contributed by atoms with Crippen molar-refractivity contribution in [2.45, 2.75) is 65.9 Å². The summed E-state index contributed by atoms with van der Waals surface area (Å²) in [5, 5.41) is 3.46. The van der Waals surface area contributed by atoms with Gasteiger partial charge in [0.15, 0.2) is 0 Å². The van der Waals surface area contributed by atoms with Crippen LogP contribution in [0.4, 0.5) is 0 Å². The maximum absolute atomic E-state index is 5.97. The Hall–Kier alpha value is -1.02. The van der Waals surface area contributed by atoms with Gasteiger partial charge in [-0.2, -0.15) is 0 Å². The van der Waals surface area contributed by atoms with Crippen LogP contribution in [0.5, 0.6) is 5.75 Å². The van der Waals surface area contributed by atoms with Crippen LogP contribution in [-0.2, 0) is 0 Å². The molecule has 0 aliphatic carbocycles. The smallest absolute Gasteiger partial charge is 0.120 e. The minimum atomic E-state index is 0.209. The van der Waals surface area contributed by atoms with Gasteiger partial charge < -0.3 is 10.1 Å². The highest BCUT2D eigenvalue weighted by Gasteiger charge is 2.07. The maximum atomic E-state index is 5.97. The first-order valence-electron chi connectivity index (χ1n) is 8.02. The molecule has 0 spiro atoms. The van der Waals surface area contributed by atoms with E-state index in [2.05, 4.69) is 58.1 Å². The van der Waals surface area contributed by atoms with Gasteiger partial charge in [0.25, 0.3) is 0 Å². The van der Waals surface area contributed by atoms with Gasteiger partial charge in [-0.25, -0.2) is 0 Å². The summed E-state index contributed by atoms with van der Waals surface area (Å²) < 4.78 is 5.97. The molecule has 0 aliphatic heterocycles. The molecule has 1 unspecified atom stereocenters. The number of ether oxygens (including phenoxy) is 1. The quantitative estimate of drug-likeness (QED) is 0.663. The second kappa shape index (κ2) is 9.02. The minimum Gasteiger partial charge on any atom is -0.489 e. The molecule has 2 nitrogen and oxygen atoms in total. The van der Waals surface area contributed by atoms with Gasteiger partial charge in [-0.05, 0) is 56.0 Å². The first-order chi connectivity index (χ1) is 9.54. The topological polar surface area (TPSA) is 21.3 Å². The third-order valence-corrected chi connectivity index (χ3v) is 3.59. The van der Waals surface area contributed by atoms with E-state index >= 15 is 0 Å². The Morgan fingerprint density at radius 3 is 2.50 bits per heavy atom. The predicted molar refractivity (Wildman–Crippen MR) is 87.8 cm³/mol. The number of hydrogen-bond acceptors (Lipinski definition) is 2. The summed E-state index contributed by atoms with van der Waals surface area (Å²) in [6.45, 7) is 13.0. The predicted octanol–water partition coefficient (Wildman–Crippen LogP) is 4.67. The lowest BCUT2D eigenvalue weighted by atomic mass is 9.98. The number of aryl methyl sites for hydroxylation is 1. The summed E-state index contributed by atoms with van der Waals surface area (Å²) >= 11 is 0. The van der Waals surface area contributed by atoms with Crippen molar-refractivity contribution in [2.24, 2.45) is 0 Å². The Labute approximate surface area is 124 Å². The second-order valence-electron chi connectivity index (χ2n) is 6.01. The largest absolute Gasteiger partial charge is 0.489 e. The zero-order valence-electron chi connectivity index (χ0n) is 13.8. The first-order valence-corrected chi connectivity index (χ1v) is 8.02. The van der Waals surface area contributed by atoms with Crippen LogP contribution < -0.4 is 10.1 Å². The van der Waals surface area contributed by atoms with Gasteiger partial charge in [0.2, 0.25) is 0 Å². The summed E-state index contributed by atoms with van der Waals surface area (Å²) in [6, 6.07) is 6.44. The molecule has 20 heavy (non-hydrogen) atoms. The molecule has 0 saturated heterocycles. The molecule has 0 saturated carbocycles. The second-order valence-corrected chi connectivity index (χ2v) is 6.01. The molecular weight excluding hydrogens is 246 g/mol. The minimum absolute atomic E-state index is 0.209. The Balaban J connectivity index is 2.38. The third-order valence-electron chi connectivity index (χ3n) is 3.59. The number of hydrogen-bond donors (Lipinski definition) is 1. The Morgan fingerprint density at radius 1 is 1.15 bits per heavy atom. The molecule has 114 valence electrons. The highest BCUT2D eigenvalue weighted by atomic mass is 16.5. The molecular formula is C18H31NO. The zero-order valence-corrected chi connectivity index (χ0v) is 13.8. The first kappa shape index (κ1) is 17.0. The van der Waals surface area contributed by atoms with Crippen LogP contribution in [0.3, 0.4) is 0 Å². The average Bonchev–Trinajstić information content (AvgIpc) is 2.38. The highest BCUT2D eigenvalue weighted by molar-refractivity contribution is 5.36. The third kappa shape index (κ3) is 5.96. The molecule has 0 amide bonds. The monoisotopic (exact) mass is 277 g/mol. The van der Waals surface area contributed by atoms with E-state index in [0.29, 0.717) is 5.92 Å². The summed E-state index contributed by atoms with van der Waals surface area (Å²) in [7, 11) is 0. The van der Waals surface area contributed by atoms with Crippen molar-refractivity contribution in [2.75, 3.05) is 13.1 Å². The van der Waals surface area contributed by atoms with E-state index in [-0.39, 0.29) is 6.10 Å². The van der Waals surface area contributed by atoms with Crippen LogP contribution in [-0.4, -0.2) is 19.2 Å². The molecule has 1 atom stereocenters. The van der Waals surface area contributed by atoms with Crippen molar-refractivity contribution in [1.29, 1.82) is 0 Å². The summed E-state index contributed by atoms with van der Waals surface area (Å²) in [5.41, 5.74) is 2.73. The fourth-order valence-corrected chi connectivity index (χ4v) is 2.45. The molecule has 0 aromatic heterocycles. The fraction of sp³-hybridized carbons (Fsp3) is 0.667. The molecule has 1 aromatic carbocycles. The van der Waals surface area contributed by atoms with Crippen LogP contribution in [0.15, 0.2) is 18.2 Å². The van der Waals surface area contributed by atoms with E-state index in [1.165, 1.54) is 30.4 Å². The Kier molecular flexibility index (Phi) is 7.68. The summed E-state index contributed by atoms with van der Waals surface area (Å²) in [5.74, 6) is 1.55. The molecule has 0 heterocycles. The molecule has 1 rings (SSSR count). The molecule has 1 aromatic rings. The van der Waals surface area contributed by atoms with Gasteiger partial charge in [0, 0.05) is 6.54 Å². The van der Waals surface area contributed by atoms with E-state index in [9.17, 15) is 0 Å². The molecule has 1 N–H and O–H groups in total. The average molecular weight is 277 g/mol. The summed E-state index contributed by atoms with van der Waals surface area (Å²) in [6.07, 6.45) is 4.04. The fourth-order valence-electron chi connectivity index (χ4n) is 2.45. The molecule has 0 bridgehead atoms. The number of benzene rings is 1. The van der Waals surface area contributed by atoms with Gasteiger partial charge in [0.1, 0.15) is 11.9 Å². The van der Waals surface area contributed by atoms with Crippen molar-refractivity contribution < 1.29 is 4.74 Å². The Morgan fingerprint density at radius 2 is 1.90 bits per heavy atom. The molecule has 0 radical (unpaired) electrons. The molecule has 0 fully saturated rings. The van der Waals surface area contributed by atoms with E-state index in [4.69, 9.17) is 4.74 Å². The van der Waals surface area contributed by atoms with Crippen LogP contribution in [0.1, 0.15) is 64.0 Å². The standard InChI is InChI=1S/C18H31NO/c1-6-7-8-11-19-13-16(5)20-17-9-10-18(14(2)3)15(4)12-17/h9-10,12,14,16,19H,6-8,11,13H2,1-5H3. The highest BCUT2D eigenvalue weighted by Crippen LogP contribution is 2.23. The number of nitrogens with one attached hydrogen (secondary N) is 1. The van der Waals surface area contributed by atoms with Crippen molar-refractivity contribution in [3.63, 3.8) is 0 Å². The van der Waals surface area contributed by atoms with Crippen LogP contribution in [0.25, 0.3) is 0 Å². The summed E-state index contributed by atoms with van der Waals surface area (Å²) in [4.78, 5) is 0. The molecule has 2 heteroatoms. The number of unbranched alkanes of at least 4 members (excludes halogenated alkanes) is 2. The van der Waals surface area contributed by atoms with Crippen molar-refractivity contribution >= 4 is 0 Å². The van der Waals surface area contributed by atoms with Gasteiger partial charge >= 0.3 is 0 Å². The Bertz CT molecular complexity index is 387. The maximum Gasteiger partial charge on any atom is 0.120 e. The normalized spacial score (nSPS) is 12.7. The van der Waals surface area contributed by atoms with E-state index in [1.54, 1.807) is 0 Å². The van der Waals surface area contributed by atoms with Crippen molar-refractivity contribution in [1.82, 2.24) is 5.32 Å². The van der Waals surface area contributed by atoms with Crippen molar-refractivity contribution in [3.05, 3.63) is 29.3 Å². The van der Waals surface area contributed by atoms with E-state index in [0.717, 1.165) is 18.8 Å². The zero-order chi connectivity index (χ0) is 15.0. The van der Waals surface area contributed by atoms with Crippen molar-refractivity contribution in [3.8, 4) is 5.75 Å². The van der Waals surface area contributed by atoms with E-state index in [1.807, 2.05) is 0 Å². The SMILES string of the molecule is CCCCCNCC(C)Oc1ccc(C(C)C)c(C)c1. The van der Waals surface area contributed by atoms with Gasteiger partial charge in [-0.3, -0.25) is 0 Å². The van der Waals surface area contributed by atoms with Gasteiger partial charge in [-0.15, -0.1) is 0 Å². The molecule has 0 aliphatic rings. The van der Waals surface area contributed by atoms with Gasteiger partial charge in [0.05, 0.1) is 0 Å². The van der Waals surface area contributed by atoms with E-state index < -0.39 is 0 Å². The lowest BCUT2D eigenvalue weighted by Gasteiger charge is -2.17. The van der Waals surface area contributed by atoms with Gasteiger partial charge in [-0.1, -0.05) is 39.7 Å². The lowest BCUT2D eigenvalue weighted by Crippen LogP contribution is -2.29.